The SMILES string of the molecule is C/C=C\C(=C/CC)Nc1nc2cc(CC(C)(C)O)ncc2nc1N1CCC(Oc2ccc(F)cc2F)CC1.CC. The summed E-state index contributed by atoms with van der Waals surface area (Å²) in [4.78, 5) is 16.5. The molecule has 0 aliphatic carbocycles. The molecular formula is C31H41F2N5O2. The molecule has 0 spiro atoms. The van der Waals surface area contributed by atoms with Crippen LogP contribution in [0.5, 0.6) is 5.75 Å². The third-order valence-corrected chi connectivity index (χ3v) is 6.16. The molecule has 0 atom stereocenters. The predicted molar refractivity (Wildman–Crippen MR) is 158 cm³/mol. The Morgan fingerprint density at radius 2 is 1.88 bits per heavy atom. The zero-order valence-electron chi connectivity index (χ0n) is 24.3. The third-order valence-electron chi connectivity index (χ3n) is 6.16. The predicted octanol–water partition coefficient (Wildman–Crippen LogP) is 6.97. The Labute approximate surface area is 236 Å². The highest BCUT2D eigenvalue weighted by Crippen LogP contribution is 2.31. The summed E-state index contributed by atoms with van der Waals surface area (Å²) in [6.45, 7) is 12.8. The van der Waals surface area contributed by atoms with Gasteiger partial charge in [0.2, 0.25) is 0 Å². The second kappa shape index (κ2) is 14.2. The van der Waals surface area contributed by atoms with Gasteiger partial charge in [-0.05, 0) is 51.5 Å². The minimum absolute atomic E-state index is 0.0614. The number of hydrogen-bond acceptors (Lipinski definition) is 7. The van der Waals surface area contributed by atoms with Crippen molar-refractivity contribution in [3.8, 4) is 5.75 Å². The zero-order chi connectivity index (χ0) is 29.3. The van der Waals surface area contributed by atoms with Crippen molar-refractivity contribution in [3.05, 3.63) is 71.7 Å². The Bertz CT molecular complexity index is 1330. The second-order valence-corrected chi connectivity index (χ2v) is 10.1. The van der Waals surface area contributed by atoms with Crippen molar-refractivity contribution in [2.24, 2.45) is 0 Å². The Morgan fingerprint density at radius 3 is 2.50 bits per heavy atom. The van der Waals surface area contributed by atoms with Gasteiger partial charge in [0.1, 0.15) is 17.4 Å². The van der Waals surface area contributed by atoms with E-state index in [1.54, 1.807) is 20.0 Å². The minimum atomic E-state index is -0.888. The summed E-state index contributed by atoms with van der Waals surface area (Å²) in [5.74, 6) is 0.0594. The first-order valence-electron chi connectivity index (χ1n) is 14.0. The van der Waals surface area contributed by atoms with Gasteiger partial charge in [-0.25, -0.2) is 18.7 Å². The van der Waals surface area contributed by atoms with Gasteiger partial charge in [-0.15, -0.1) is 0 Å². The fourth-order valence-electron chi connectivity index (χ4n) is 4.47. The summed E-state index contributed by atoms with van der Waals surface area (Å²) in [7, 11) is 0. The van der Waals surface area contributed by atoms with Crippen molar-refractivity contribution in [1.29, 1.82) is 0 Å². The molecule has 2 N–H and O–H groups in total. The maximum Gasteiger partial charge on any atom is 0.174 e. The zero-order valence-corrected chi connectivity index (χ0v) is 24.3. The van der Waals surface area contributed by atoms with Crippen molar-refractivity contribution in [3.63, 3.8) is 0 Å². The quantitative estimate of drug-likeness (QED) is 0.277. The average molecular weight is 554 g/mol. The highest BCUT2D eigenvalue weighted by molar-refractivity contribution is 5.81. The van der Waals surface area contributed by atoms with Crippen LogP contribution < -0.4 is 15.0 Å². The van der Waals surface area contributed by atoms with E-state index in [2.05, 4.69) is 28.2 Å². The lowest BCUT2D eigenvalue weighted by atomic mass is 10.0. The highest BCUT2D eigenvalue weighted by atomic mass is 19.1. The molecule has 216 valence electrons. The summed E-state index contributed by atoms with van der Waals surface area (Å²) < 4.78 is 33.2. The van der Waals surface area contributed by atoms with E-state index in [1.165, 1.54) is 12.1 Å². The first-order chi connectivity index (χ1) is 19.1. The summed E-state index contributed by atoms with van der Waals surface area (Å²) in [5, 5.41) is 13.7. The monoisotopic (exact) mass is 553 g/mol. The van der Waals surface area contributed by atoms with E-state index in [9.17, 15) is 13.9 Å². The molecule has 9 heteroatoms. The standard InChI is InChI=1S/C29H35F2N5O2.C2H6/c1-5-7-20(8-6-2)33-27-28(35-25-18-32-21(16-24(25)34-27)17-29(3,4)37)36-13-11-22(12-14-36)38-26-10-9-19(30)15-23(26)31;1-2/h5,7-10,15-16,18,22,37H,6,11-14,17H2,1-4H3,(H,33,34);1-2H3/b7-5-,20-8+;. The molecule has 1 fully saturated rings. The molecular weight excluding hydrogens is 512 g/mol. The van der Waals surface area contributed by atoms with Crippen LogP contribution in [0.25, 0.3) is 11.0 Å². The van der Waals surface area contributed by atoms with E-state index in [0.29, 0.717) is 55.0 Å². The van der Waals surface area contributed by atoms with Gasteiger partial charge in [0, 0.05) is 49.8 Å². The van der Waals surface area contributed by atoms with E-state index >= 15 is 0 Å². The summed E-state index contributed by atoms with van der Waals surface area (Å²) >= 11 is 0. The molecule has 0 radical (unpaired) electrons. The van der Waals surface area contributed by atoms with E-state index in [4.69, 9.17) is 14.7 Å². The molecule has 0 bridgehead atoms. The lowest BCUT2D eigenvalue weighted by Gasteiger charge is -2.34. The number of nitrogens with one attached hydrogen (secondary N) is 1. The summed E-state index contributed by atoms with van der Waals surface area (Å²) in [5.41, 5.74) is 2.11. The number of halogens is 2. The topological polar surface area (TPSA) is 83.4 Å². The molecule has 0 unspecified atom stereocenters. The van der Waals surface area contributed by atoms with Gasteiger partial charge >= 0.3 is 0 Å². The lowest BCUT2D eigenvalue weighted by molar-refractivity contribution is 0.0800. The number of hydrogen-bond donors (Lipinski definition) is 2. The Balaban J connectivity index is 0.00000216. The molecule has 3 heterocycles. The normalized spacial score (nSPS) is 14.8. The molecule has 2 aromatic heterocycles. The first-order valence-corrected chi connectivity index (χ1v) is 14.0. The van der Waals surface area contributed by atoms with Crippen LogP contribution in [0, 0.1) is 11.6 Å². The fraction of sp³-hybridized carbons (Fsp3) is 0.452. The van der Waals surface area contributed by atoms with Crippen LogP contribution in [0.1, 0.15) is 66.5 Å². The molecule has 1 saturated heterocycles. The van der Waals surface area contributed by atoms with Gasteiger partial charge in [-0.3, -0.25) is 4.98 Å². The van der Waals surface area contributed by atoms with E-state index in [-0.39, 0.29) is 11.9 Å². The first kappa shape index (κ1) is 30.9. The number of pyridine rings is 1. The van der Waals surface area contributed by atoms with Gasteiger partial charge in [0.15, 0.2) is 23.2 Å². The van der Waals surface area contributed by atoms with Crippen LogP contribution in [-0.2, 0) is 6.42 Å². The van der Waals surface area contributed by atoms with Gasteiger partial charge < -0.3 is 20.1 Å². The molecule has 1 aliphatic rings. The number of benzene rings is 1. The number of rotatable bonds is 9. The van der Waals surface area contributed by atoms with Crippen molar-refractivity contribution in [1.82, 2.24) is 15.0 Å². The molecule has 0 saturated carbocycles. The average Bonchev–Trinajstić information content (AvgIpc) is 2.91. The van der Waals surface area contributed by atoms with Gasteiger partial charge in [0.05, 0.1) is 17.3 Å². The third kappa shape index (κ3) is 8.45. The maximum atomic E-state index is 14.1. The number of nitrogens with zero attached hydrogens (tertiary/aromatic N) is 4. The molecule has 0 amide bonds. The van der Waals surface area contributed by atoms with E-state index in [0.717, 1.165) is 23.9 Å². The Morgan fingerprint density at radius 1 is 1.15 bits per heavy atom. The van der Waals surface area contributed by atoms with Crippen molar-refractivity contribution < 1.29 is 18.6 Å². The van der Waals surface area contributed by atoms with Gasteiger partial charge in [0.25, 0.3) is 0 Å². The number of allylic oxidation sites excluding steroid dienone is 3. The van der Waals surface area contributed by atoms with Crippen LogP contribution in [0.3, 0.4) is 0 Å². The number of fused-ring (bicyclic) bond motifs is 1. The van der Waals surface area contributed by atoms with Crippen LogP contribution in [0.2, 0.25) is 0 Å². The summed E-state index contributed by atoms with van der Waals surface area (Å²) in [6.07, 6.45) is 10.1. The van der Waals surface area contributed by atoms with Crippen LogP contribution in [0.15, 0.2) is 54.4 Å². The van der Waals surface area contributed by atoms with Gasteiger partial charge in [-0.2, -0.15) is 0 Å². The fourth-order valence-corrected chi connectivity index (χ4v) is 4.47. The summed E-state index contributed by atoms with van der Waals surface area (Å²) in [6, 6.07) is 5.23. The number of anilines is 2. The van der Waals surface area contributed by atoms with Crippen molar-refractivity contribution in [2.45, 2.75) is 78.9 Å². The molecule has 7 nitrogen and oxygen atoms in total. The van der Waals surface area contributed by atoms with Crippen LogP contribution in [0.4, 0.5) is 20.4 Å². The number of piperidine rings is 1. The van der Waals surface area contributed by atoms with Crippen molar-refractivity contribution in [2.75, 3.05) is 23.3 Å². The van der Waals surface area contributed by atoms with Gasteiger partial charge in [-0.1, -0.05) is 32.9 Å². The van der Waals surface area contributed by atoms with E-state index in [1.807, 2.05) is 39.0 Å². The molecule has 4 rings (SSSR count). The Kier molecular flexibility index (Phi) is 11.0. The smallest absolute Gasteiger partial charge is 0.174 e. The number of aromatic nitrogens is 3. The number of aliphatic hydroxyl groups is 1. The number of ether oxygens (including phenoxy) is 1. The largest absolute Gasteiger partial charge is 0.487 e. The molecule has 1 aliphatic heterocycles. The van der Waals surface area contributed by atoms with E-state index < -0.39 is 17.2 Å². The second-order valence-electron chi connectivity index (χ2n) is 10.1. The molecule has 1 aromatic carbocycles. The van der Waals surface area contributed by atoms with Crippen LogP contribution >= 0.6 is 0 Å². The van der Waals surface area contributed by atoms with Crippen molar-refractivity contribution >= 4 is 22.7 Å². The lowest BCUT2D eigenvalue weighted by Crippen LogP contribution is -2.39. The molecule has 40 heavy (non-hydrogen) atoms. The maximum absolute atomic E-state index is 14.1. The molecule has 3 aromatic rings. The minimum Gasteiger partial charge on any atom is -0.487 e. The Hall–Kier alpha value is -3.59. The van der Waals surface area contributed by atoms with Crippen LogP contribution in [-0.4, -0.2) is 44.9 Å². The highest BCUT2D eigenvalue weighted by Gasteiger charge is 2.26.